The monoisotopic (exact) mass is 138 g/mol. The summed E-state index contributed by atoms with van der Waals surface area (Å²) in [4.78, 5) is 3.98. The zero-order valence-corrected chi connectivity index (χ0v) is 6.59. The molecule has 0 aromatic rings. The average Bonchev–Trinajstić information content (AvgIpc) is 1.87. The molecule has 0 saturated carbocycles. The zero-order chi connectivity index (χ0) is 7.98. The Morgan fingerprint density at radius 3 is 2.70 bits per heavy atom. The van der Waals surface area contributed by atoms with Gasteiger partial charge in [-0.25, -0.2) is 0 Å². The van der Waals surface area contributed by atoms with Gasteiger partial charge in [0.15, 0.2) is 0 Å². The fourth-order valence-corrected chi connectivity index (χ4v) is 0.472. The van der Waals surface area contributed by atoms with E-state index in [1.807, 2.05) is 13.0 Å². The molecule has 0 radical (unpaired) electrons. The zero-order valence-electron chi connectivity index (χ0n) is 6.59. The van der Waals surface area contributed by atoms with Crippen molar-refractivity contribution >= 4 is 5.71 Å². The molecule has 0 spiro atoms. The number of nitrogens with two attached hydrogens (primary N) is 1. The van der Waals surface area contributed by atoms with Crippen LogP contribution in [0.25, 0.3) is 0 Å². The van der Waals surface area contributed by atoms with Crippen LogP contribution in [-0.4, -0.2) is 12.8 Å². The van der Waals surface area contributed by atoms with Crippen LogP contribution in [-0.2, 0) is 0 Å². The van der Waals surface area contributed by atoms with Crippen molar-refractivity contribution in [2.75, 3.05) is 7.05 Å². The van der Waals surface area contributed by atoms with Crippen molar-refractivity contribution in [3.8, 4) is 0 Å². The van der Waals surface area contributed by atoms with E-state index in [0.29, 0.717) is 5.70 Å². The maximum absolute atomic E-state index is 5.30. The third-order valence-corrected chi connectivity index (χ3v) is 1.13. The quantitative estimate of drug-likeness (QED) is 0.465. The third-order valence-electron chi connectivity index (χ3n) is 1.13. The van der Waals surface area contributed by atoms with Gasteiger partial charge in [-0.3, -0.25) is 4.99 Å². The molecule has 2 heteroatoms. The molecule has 0 heterocycles. The summed E-state index contributed by atoms with van der Waals surface area (Å²) in [5, 5.41) is 0. The van der Waals surface area contributed by atoms with Crippen LogP contribution in [0, 0.1) is 0 Å². The van der Waals surface area contributed by atoms with E-state index < -0.39 is 0 Å². The smallest absolute Gasteiger partial charge is 0.0276 e. The van der Waals surface area contributed by atoms with Crippen LogP contribution in [0.4, 0.5) is 0 Å². The first-order valence-corrected chi connectivity index (χ1v) is 3.20. The van der Waals surface area contributed by atoms with Gasteiger partial charge in [-0.2, -0.15) is 0 Å². The lowest BCUT2D eigenvalue weighted by Crippen LogP contribution is -1.90. The van der Waals surface area contributed by atoms with Gasteiger partial charge in [-0.15, -0.1) is 0 Å². The predicted molar refractivity (Wildman–Crippen MR) is 46.1 cm³/mol. The molecule has 10 heavy (non-hydrogen) atoms. The summed E-state index contributed by atoms with van der Waals surface area (Å²) in [5.74, 6) is 0. The first-order valence-electron chi connectivity index (χ1n) is 3.20. The Hall–Kier alpha value is -1.05. The Morgan fingerprint density at radius 1 is 1.70 bits per heavy atom. The number of rotatable bonds is 3. The summed E-state index contributed by atoms with van der Waals surface area (Å²) in [6.45, 7) is 5.50. The Kier molecular flexibility index (Phi) is 4.29. The van der Waals surface area contributed by atoms with Crippen molar-refractivity contribution in [3.05, 3.63) is 24.4 Å². The van der Waals surface area contributed by atoms with Crippen LogP contribution in [0.1, 0.15) is 13.3 Å². The molecule has 0 aromatic heterocycles. The van der Waals surface area contributed by atoms with E-state index in [2.05, 4.69) is 11.6 Å². The Balaban J connectivity index is 3.64. The molecule has 2 nitrogen and oxygen atoms in total. The lowest BCUT2D eigenvalue weighted by atomic mass is 10.2. The lowest BCUT2D eigenvalue weighted by molar-refractivity contribution is 1.32. The molecule has 0 atom stereocenters. The van der Waals surface area contributed by atoms with Gasteiger partial charge in [0.1, 0.15) is 0 Å². The van der Waals surface area contributed by atoms with Gasteiger partial charge in [-0.1, -0.05) is 12.7 Å². The third kappa shape index (κ3) is 5.09. The summed E-state index contributed by atoms with van der Waals surface area (Å²) < 4.78 is 0. The second-order valence-corrected chi connectivity index (χ2v) is 2.14. The summed E-state index contributed by atoms with van der Waals surface area (Å²) >= 11 is 0. The van der Waals surface area contributed by atoms with Crippen LogP contribution >= 0.6 is 0 Å². The minimum Gasteiger partial charge on any atom is -0.399 e. The van der Waals surface area contributed by atoms with Gasteiger partial charge in [0.25, 0.3) is 0 Å². The summed E-state index contributed by atoms with van der Waals surface area (Å²) in [7, 11) is 1.78. The Bertz CT molecular complexity index is 166. The summed E-state index contributed by atoms with van der Waals surface area (Å²) in [6.07, 6.45) is 4.59. The maximum atomic E-state index is 5.30. The largest absolute Gasteiger partial charge is 0.399 e. The predicted octanol–water partition coefficient (Wildman–Crippen LogP) is 1.50. The normalized spacial score (nSPS) is 12.4. The van der Waals surface area contributed by atoms with Crippen molar-refractivity contribution < 1.29 is 0 Å². The molecule has 56 valence electrons. The number of hydrogen-bond donors (Lipinski definition) is 1. The fraction of sp³-hybridized carbons (Fsp3) is 0.375. The first-order chi connectivity index (χ1) is 4.66. The Morgan fingerprint density at radius 2 is 2.30 bits per heavy atom. The number of hydrogen-bond acceptors (Lipinski definition) is 2. The number of allylic oxidation sites excluding steroid dienone is 2. The topological polar surface area (TPSA) is 38.4 Å². The summed E-state index contributed by atoms with van der Waals surface area (Å²) in [5.41, 5.74) is 6.98. The molecular weight excluding hydrogens is 124 g/mol. The minimum absolute atomic E-state index is 0.587. The highest BCUT2D eigenvalue weighted by molar-refractivity contribution is 5.83. The SMILES string of the molecule is C=C(N)/C=C\CC(C)=NC. The summed E-state index contributed by atoms with van der Waals surface area (Å²) in [6, 6.07) is 0. The number of nitrogens with zero attached hydrogens (tertiary/aromatic N) is 1. The highest BCUT2D eigenvalue weighted by Crippen LogP contribution is 1.89. The van der Waals surface area contributed by atoms with E-state index in [-0.39, 0.29) is 0 Å². The molecule has 0 unspecified atom stereocenters. The van der Waals surface area contributed by atoms with Crippen LogP contribution in [0.15, 0.2) is 29.4 Å². The second-order valence-electron chi connectivity index (χ2n) is 2.14. The molecule has 0 rings (SSSR count). The van der Waals surface area contributed by atoms with E-state index in [9.17, 15) is 0 Å². The van der Waals surface area contributed by atoms with Gasteiger partial charge in [0.2, 0.25) is 0 Å². The molecule has 0 saturated heterocycles. The molecule has 2 N–H and O–H groups in total. The van der Waals surface area contributed by atoms with Crippen LogP contribution in [0.3, 0.4) is 0 Å². The molecule has 0 aliphatic carbocycles. The molecule has 0 aliphatic rings. The van der Waals surface area contributed by atoms with Gasteiger partial charge in [-0.05, 0) is 13.0 Å². The first kappa shape index (κ1) is 8.95. The molecule has 0 aromatic carbocycles. The van der Waals surface area contributed by atoms with E-state index >= 15 is 0 Å². The highest BCUT2D eigenvalue weighted by Gasteiger charge is 1.82. The standard InChI is InChI=1S/C8H14N2/c1-7(9)5-4-6-8(2)10-3/h4-5H,1,6,9H2,2-3H3/b5-4-,10-8?. The van der Waals surface area contributed by atoms with Crippen molar-refractivity contribution in [2.45, 2.75) is 13.3 Å². The average molecular weight is 138 g/mol. The van der Waals surface area contributed by atoms with Gasteiger partial charge >= 0.3 is 0 Å². The van der Waals surface area contributed by atoms with E-state index in [1.54, 1.807) is 13.1 Å². The maximum Gasteiger partial charge on any atom is 0.0276 e. The molecule has 0 bridgehead atoms. The molecular formula is C8H14N2. The number of aliphatic imine (C=N–C) groups is 1. The van der Waals surface area contributed by atoms with Crippen molar-refractivity contribution in [1.29, 1.82) is 0 Å². The van der Waals surface area contributed by atoms with E-state index in [0.717, 1.165) is 12.1 Å². The molecule has 0 aliphatic heterocycles. The van der Waals surface area contributed by atoms with Crippen molar-refractivity contribution in [2.24, 2.45) is 10.7 Å². The van der Waals surface area contributed by atoms with E-state index in [1.165, 1.54) is 0 Å². The molecule has 0 amide bonds. The van der Waals surface area contributed by atoms with Gasteiger partial charge < -0.3 is 5.73 Å². The Labute approximate surface area is 62.1 Å². The van der Waals surface area contributed by atoms with Gasteiger partial charge in [0, 0.05) is 24.9 Å². The van der Waals surface area contributed by atoms with Crippen molar-refractivity contribution in [1.82, 2.24) is 0 Å². The van der Waals surface area contributed by atoms with Crippen LogP contribution in [0.2, 0.25) is 0 Å². The molecule has 0 fully saturated rings. The second kappa shape index (κ2) is 4.79. The van der Waals surface area contributed by atoms with Crippen LogP contribution < -0.4 is 5.73 Å². The highest BCUT2D eigenvalue weighted by atomic mass is 14.7. The van der Waals surface area contributed by atoms with Gasteiger partial charge in [0.05, 0.1) is 0 Å². The lowest BCUT2D eigenvalue weighted by Gasteiger charge is -1.90. The fourth-order valence-electron chi connectivity index (χ4n) is 0.472. The van der Waals surface area contributed by atoms with E-state index in [4.69, 9.17) is 5.73 Å². The van der Waals surface area contributed by atoms with Crippen molar-refractivity contribution in [3.63, 3.8) is 0 Å². The van der Waals surface area contributed by atoms with Crippen LogP contribution in [0.5, 0.6) is 0 Å². The minimum atomic E-state index is 0.587.